The van der Waals surface area contributed by atoms with Crippen molar-refractivity contribution in [3.8, 4) is 0 Å². The first-order valence-electron chi connectivity index (χ1n) is 9.74. The Hall–Kier alpha value is -2.26. The van der Waals surface area contributed by atoms with Crippen molar-refractivity contribution in [1.82, 2.24) is 10.3 Å². The number of unbranched alkanes of at least 4 members (excludes halogenated alkanes) is 2. The van der Waals surface area contributed by atoms with E-state index in [9.17, 15) is 14.4 Å². The molecule has 0 aliphatic rings. The van der Waals surface area contributed by atoms with Crippen LogP contribution in [0.2, 0.25) is 0 Å². The van der Waals surface area contributed by atoms with Gasteiger partial charge in [0, 0.05) is 19.5 Å². The van der Waals surface area contributed by atoms with Crippen LogP contribution in [-0.4, -0.2) is 42.5 Å². The van der Waals surface area contributed by atoms with Gasteiger partial charge < -0.3 is 10.1 Å². The Kier molecular flexibility index (Phi) is 9.27. The predicted octanol–water partition coefficient (Wildman–Crippen LogP) is 4.03. The number of thiazole rings is 1. The topological polar surface area (TPSA) is 88.6 Å². The first kappa shape index (κ1) is 23.0. The van der Waals surface area contributed by atoms with E-state index in [2.05, 4.69) is 17.2 Å². The van der Waals surface area contributed by atoms with Crippen LogP contribution >= 0.6 is 22.7 Å². The molecule has 0 bridgehead atoms. The molecule has 2 aromatic rings. The third-order valence-electron chi connectivity index (χ3n) is 4.13. The van der Waals surface area contributed by atoms with Crippen LogP contribution in [-0.2, 0) is 9.53 Å². The van der Waals surface area contributed by atoms with E-state index in [1.54, 1.807) is 24.8 Å². The molecule has 0 spiro atoms. The van der Waals surface area contributed by atoms with Crippen LogP contribution < -0.4 is 10.2 Å². The molecule has 9 heteroatoms. The van der Waals surface area contributed by atoms with Crippen LogP contribution in [0.1, 0.15) is 64.6 Å². The van der Waals surface area contributed by atoms with Gasteiger partial charge in [0.25, 0.3) is 5.91 Å². The molecule has 0 atom stereocenters. The summed E-state index contributed by atoms with van der Waals surface area (Å²) >= 11 is 2.53. The third kappa shape index (κ3) is 6.64. The second kappa shape index (κ2) is 11.7. The molecule has 2 heterocycles. The predicted molar refractivity (Wildman–Crippen MR) is 116 cm³/mol. The lowest BCUT2D eigenvalue weighted by atomic mass is 10.2. The van der Waals surface area contributed by atoms with Crippen LogP contribution in [0.15, 0.2) is 17.5 Å². The van der Waals surface area contributed by atoms with E-state index in [4.69, 9.17) is 4.74 Å². The quantitative estimate of drug-likeness (QED) is 0.423. The van der Waals surface area contributed by atoms with E-state index in [1.807, 2.05) is 11.4 Å². The number of anilines is 1. The molecule has 0 unspecified atom stereocenters. The molecule has 158 valence electrons. The van der Waals surface area contributed by atoms with Gasteiger partial charge in [-0.15, -0.1) is 11.3 Å². The zero-order valence-corrected chi connectivity index (χ0v) is 18.7. The van der Waals surface area contributed by atoms with E-state index in [1.165, 1.54) is 22.7 Å². The molecular formula is C20H27N3O4S2. The lowest BCUT2D eigenvalue weighted by Gasteiger charge is -2.20. The van der Waals surface area contributed by atoms with Crippen LogP contribution in [0.25, 0.3) is 0 Å². The zero-order chi connectivity index (χ0) is 21.2. The fraction of sp³-hybridized carbons (Fsp3) is 0.500. The summed E-state index contributed by atoms with van der Waals surface area (Å²) in [6, 6.07) is 3.56. The van der Waals surface area contributed by atoms with Gasteiger partial charge in [0.05, 0.1) is 17.2 Å². The molecule has 1 N–H and O–H groups in total. The largest absolute Gasteiger partial charge is 0.462 e. The lowest BCUT2D eigenvalue weighted by molar-refractivity contribution is -0.118. The number of esters is 1. The Morgan fingerprint density at radius 2 is 2.03 bits per heavy atom. The molecule has 7 nitrogen and oxygen atoms in total. The van der Waals surface area contributed by atoms with Crippen molar-refractivity contribution in [2.24, 2.45) is 0 Å². The van der Waals surface area contributed by atoms with Crippen molar-refractivity contribution in [1.29, 1.82) is 0 Å². The maximum atomic E-state index is 12.8. The minimum Gasteiger partial charge on any atom is -0.462 e. The van der Waals surface area contributed by atoms with Crippen molar-refractivity contribution >= 4 is 45.6 Å². The fourth-order valence-electron chi connectivity index (χ4n) is 2.64. The summed E-state index contributed by atoms with van der Waals surface area (Å²) in [7, 11) is 0. The van der Waals surface area contributed by atoms with E-state index in [-0.39, 0.29) is 31.4 Å². The Morgan fingerprint density at radius 1 is 1.24 bits per heavy atom. The van der Waals surface area contributed by atoms with Crippen molar-refractivity contribution in [3.63, 3.8) is 0 Å². The van der Waals surface area contributed by atoms with Crippen molar-refractivity contribution in [2.45, 2.75) is 46.5 Å². The molecule has 2 amide bonds. The molecule has 0 aliphatic carbocycles. The fourth-order valence-corrected chi connectivity index (χ4v) is 4.29. The number of aromatic nitrogens is 1. The van der Waals surface area contributed by atoms with E-state index >= 15 is 0 Å². The standard InChI is InChI=1S/C20H27N3O4S2/c1-4-6-7-12-23(20-22-14(3)17(29-20)19(26)27-5-2)16(24)10-11-21-18(25)15-9-8-13-28-15/h8-9,13H,4-7,10-12H2,1-3H3,(H,21,25). The Morgan fingerprint density at radius 3 is 2.69 bits per heavy atom. The number of hydrogen-bond donors (Lipinski definition) is 1. The van der Waals surface area contributed by atoms with Crippen molar-refractivity contribution < 1.29 is 19.1 Å². The number of thiophene rings is 1. The number of nitrogens with zero attached hydrogens (tertiary/aromatic N) is 2. The third-order valence-corrected chi connectivity index (χ3v) is 6.16. The Balaban J connectivity index is 2.04. The molecule has 0 aliphatic heterocycles. The van der Waals surface area contributed by atoms with E-state index < -0.39 is 5.97 Å². The molecule has 2 rings (SSSR count). The van der Waals surface area contributed by atoms with Crippen LogP contribution in [0.5, 0.6) is 0 Å². The van der Waals surface area contributed by atoms with Gasteiger partial charge in [0.2, 0.25) is 5.91 Å². The summed E-state index contributed by atoms with van der Waals surface area (Å²) in [5.41, 5.74) is 0.558. The number of carbonyl (C=O) groups excluding carboxylic acids is 3. The second-order valence-electron chi connectivity index (χ2n) is 6.37. The normalized spacial score (nSPS) is 10.6. The smallest absolute Gasteiger partial charge is 0.350 e. The van der Waals surface area contributed by atoms with Gasteiger partial charge in [0.1, 0.15) is 4.88 Å². The summed E-state index contributed by atoms with van der Waals surface area (Å²) in [6.07, 6.45) is 3.03. The van der Waals surface area contributed by atoms with Crippen LogP contribution in [0.4, 0.5) is 5.13 Å². The highest BCUT2D eigenvalue weighted by Gasteiger charge is 2.23. The van der Waals surface area contributed by atoms with Crippen LogP contribution in [0.3, 0.4) is 0 Å². The van der Waals surface area contributed by atoms with Crippen molar-refractivity contribution in [3.05, 3.63) is 33.0 Å². The van der Waals surface area contributed by atoms with Gasteiger partial charge in [-0.05, 0) is 31.7 Å². The molecule has 0 saturated carbocycles. The number of ether oxygens (including phenoxy) is 1. The summed E-state index contributed by atoms with van der Waals surface area (Å²) in [5, 5.41) is 5.11. The Bertz CT molecular complexity index is 818. The zero-order valence-electron chi connectivity index (χ0n) is 17.0. The van der Waals surface area contributed by atoms with Gasteiger partial charge >= 0.3 is 5.97 Å². The van der Waals surface area contributed by atoms with Gasteiger partial charge in [-0.3, -0.25) is 14.5 Å². The molecule has 0 radical (unpaired) electrons. The average Bonchev–Trinajstić information content (AvgIpc) is 3.35. The number of carbonyl (C=O) groups is 3. The highest BCUT2D eigenvalue weighted by molar-refractivity contribution is 7.17. The van der Waals surface area contributed by atoms with Gasteiger partial charge in [-0.2, -0.15) is 0 Å². The average molecular weight is 438 g/mol. The highest BCUT2D eigenvalue weighted by Crippen LogP contribution is 2.27. The number of rotatable bonds is 11. The molecule has 29 heavy (non-hydrogen) atoms. The number of hydrogen-bond acceptors (Lipinski definition) is 7. The first-order valence-corrected chi connectivity index (χ1v) is 11.4. The molecular weight excluding hydrogens is 410 g/mol. The van der Waals surface area contributed by atoms with E-state index in [0.717, 1.165) is 19.3 Å². The minimum atomic E-state index is -0.419. The maximum absolute atomic E-state index is 12.8. The van der Waals surface area contributed by atoms with Gasteiger partial charge in [-0.1, -0.05) is 37.2 Å². The molecule has 0 fully saturated rings. The first-order chi connectivity index (χ1) is 14.0. The number of aryl methyl sites for hydroxylation is 1. The summed E-state index contributed by atoms with van der Waals surface area (Å²) in [4.78, 5) is 44.1. The van der Waals surface area contributed by atoms with Crippen LogP contribution in [0, 0.1) is 6.92 Å². The van der Waals surface area contributed by atoms with Crippen molar-refractivity contribution in [2.75, 3.05) is 24.6 Å². The summed E-state index contributed by atoms with van der Waals surface area (Å²) < 4.78 is 5.07. The number of amides is 2. The maximum Gasteiger partial charge on any atom is 0.350 e. The van der Waals surface area contributed by atoms with Gasteiger partial charge in [-0.25, -0.2) is 9.78 Å². The number of nitrogens with one attached hydrogen (secondary N) is 1. The second-order valence-corrected chi connectivity index (χ2v) is 8.29. The Labute approximate surface area is 179 Å². The van der Waals surface area contributed by atoms with E-state index in [0.29, 0.717) is 27.1 Å². The highest BCUT2D eigenvalue weighted by atomic mass is 32.1. The lowest BCUT2D eigenvalue weighted by Crippen LogP contribution is -2.35. The summed E-state index contributed by atoms with van der Waals surface area (Å²) in [5.74, 6) is -0.727. The summed E-state index contributed by atoms with van der Waals surface area (Å²) in [6.45, 7) is 6.64. The molecule has 0 saturated heterocycles. The SMILES string of the molecule is CCCCCN(C(=O)CCNC(=O)c1cccs1)c1nc(C)c(C(=O)OCC)s1. The minimum absolute atomic E-state index is 0.128. The molecule has 2 aromatic heterocycles. The van der Waals surface area contributed by atoms with Gasteiger partial charge in [0.15, 0.2) is 5.13 Å². The monoisotopic (exact) mass is 437 g/mol. The molecule has 0 aromatic carbocycles.